The van der Waals surface area contributed by atoms with Gasteiger partial charge in [-0.3, -0.25) is 0 Å². The summed E-state index contributed by atoms with van der Waals surface area (Å²) in [5.74, 6) is 0.743. The van der Waals surface area contributed by atoms with Crippen LogP contribution in [0.2, 0.25) is 5.02 Å². The highest BCUT2D eigenvalue weighted by Crippen LogP contribution is 2.47. The highest BCUT2D eigenvalue weighted by Gasteiger charge is 2.48. The van der Waals surface area contributed by atoms with Crippen LogP contribution in [0.4, 0.5) is 0 Å². The van der Waals surface area contributed by atoms with Gasteiger partial charge in [0.1, 0.15) is 11.4 Å². The molecule has 4 heteroatoms. The van der Waals surface area contributed by atoms with E-state index in [-0.39, 0.29) is 11.7 Å². The number of methoxy groups -OCH3 is 1. The van der Waals surface area contributed by atoms with Gasteiger partial charge in [-0.2, -0.15) is 0 Å². The lowest BCUT2D eigenvalue weighted by molar-refractivity contribution is -0.130. The van der Waals surface area contributed by atoms with Crippen LogP contribution >= 0.6 is 11.6 Å². The first kappa shape index (κ1) is 13.2. The summed E-state index contributed by atoms with van der Waals surface area (Å²) in [5.41, 5.74) is 0.409. The van der Waals surface area contributed by atoms with Gasteiger partial charge in [0.15, 0.2) is 0 Å². The van der Waals surface area contributed by atoms with Gasteiger partial charge in [0.2, 0.25) is 0 Å². The van der Waals surface area contributed by atoms with E-state index in [1.54, 1.807) is 19.2 Å². The average molecular weight is 283 g/mol. The van der Waals surface area contributed by atoms with Gasteiger partial charge in [0.25, 0.3) is 0 Å². The molecule has 1 aliphatic carbocycles. The SMILES string of the molecule is COC1CCCCC12C[C@H](O)c1cc(Cl)ccc1O2. The molecule has 0 bridgehead atoms. The number of rotatable bonds is 1. The van der Waals surface area contributed by atoms with Crippen molar-refractivity contribution in [3.05, 3.63) is 28.8 Å². The molecule has 2 unspecified atom stereocenters. The fourth-order valence-corrected chi connectivity index (χ4v) is 3.61. The first-order chi connectivity index (χ1) is 9.14. The van der Waals surface area contributed by atoms with Gasteiger partial charge in [-0.1, -0.05) is 18.0 Å². The zero-order valence-corrected chi connectivity index (χ0v) is 11.8. The van der Waals surface area contributed by atoms with Crippen LogP contribution in [0.5, 0.6) is 5.75 Å². The first-order valence-corrected chi connectivity index (χ1v) is 7.22. The molecule has 3 rings (SSSR count). The molecule has 3 nitrogen and oxygen atoms in total. The molecule has 0 amide bonds. The van der Waals surface area contributed by atoms with Crippen LogP contribution in [-0.2, 0) is 4.74 Å². The van der Waals surface area contributed by atoms with E-state index < -0.39 is 6.10 Å². The Morgan fingerprint density at radius 2 is 2.26 bits per heavy atom. The van der Waals surface area contributed by atoms with Crippen molar-refractivity contribution in [2.24, 2.45) is 0 Å². The van der Waals surface area contributed by atoms with Gasteiger partial charge in [0.05, 0.1) is 12.2 Å². The molecule has 1 aromatic carbocycles. The van der Waals surface area contributed by atoms with E-state index in [9.17, 15) is 5.11 Å². The van der Waals surface area contributed by atoms with Crippen LogP contribution in [0.3, 0.4) is 0 Å². The quantitative estimate of drug-likeness (QED) is 0.857. The predicted octanol–water partition coefficient (Wildman–Crippen LogP) is 3.48. The maximum absolute atomic E-state index is 10.4. The molecule has 0 saturated heterocycles. The number of benzene rings is 1. The second kappa shape index (κ2) is 4.97. The Morgan fingerprint density at radius 1 is 1.42 bits per heavy atom. The lowest BCUT2D eigenvalue weighted by Gasteiger charge is -2.47. The normalized spacial score (nSPS) is 33.8. The molecule has 0 aromatic heterocycles. The molecule has 2 aliphatic rings. The maximum atomic E-state index is 10.4. The topological polar surface area (TPSA) is 38.7 Å². The minimum atomic E-state index is -0.529. The number of hydrogen-bond donors (Lipinski definition) is 1. The zero-order valence-electron chi connectivity index (χ0n) is 11.1. The predicted molar refractivity (Wildman–Crippen MR) is 73.7 cm³/mol. The van der Waals surface area contributed by atoms with E-state index in [1.807, 2.05) is 6.07 Å². The number of halogens is 1. The van der Waals surface area contributed by atoms with Crippen LogP contribution in [0.25, 0.3) is 0 Å². The highest BCUT2D eigenvalue weighted by molar-refractivity contribution is 6.30. The number of hydrogen-bond acceptors (Lipinski definition) is 3. The second-order valence-electron chi connectivity index (χ2n) is 5.54. The largest absolute Gasteiger partial charge is 0.484 e. The summed E-state index contributed by atoms with van der Waals surface area (Å²) in [6.07, 6.45) is 4.32. The summed E-state index contributed by atoms with van der Waals surface area (Å²) in [7, 11) is 1.73. The molecular weight excluding hydrogens is 264 g/mol. The van der Waals surface area contributed by atoms with Gasteiger partial charge in [-0.05, 0) is 37.5 Å². The van der Waals surface area contributed by atoms with Crippen LogP contribution in [0.15, 0.2) is 18.2 Å². The van der Waals surface area contributed by atoms with Gasteiger partial charge < -0.3 is 14.6 Å². The molecule has 1 aliphatic heterocycles. The molecule has 1 spiro atoms. The Morgan fingerprint density at radius 3 is 3.05 bits per heavy atom. The third-order valence-electron chi connectivity index (χ3n) is 4.37. The first-order valence-electron chi connectivity index (χ1n) is 6.84. The molecular formula is C15H19ClO3. The van der Waals surface area contributed by atoms with Gasteiger partial charge in [-0.25, -0.2) is 0 Å². The van der Waals surface area contributed by atoms with Crippen LogP contribution in [0.1, 0.15) is 43.8 Å². The zero-order chi connectivity index (χ0) is 13.5. The van der Waals surface area contributed by atoms with Crippen LogP contribution < -0.4 is 4.74 Å². The molecule has 3 atom stereocenters. The number of ether oxygens (including phenoxy) is 2. The average Bonchev–Trinajstić information content (AvgIpc) is 2.40. The summed E-state index contributed by atoms with van der Waals surface area (Å²) in [5, 5.41) is 11.1. The van der Waals surface area contributed by atoms with Crippen molar-refractivity contribution in [1.82, 2.24) is 0 Å². The van der Waals surface area contributed by atoms with Gasteiger partial charge in [-0.15, -0.1) is 0 Å². The monoisotopic (exact) mass is 282 g/mol. The molecule has 104 valence electrons. The van der Waals surface area contributed by atoms with E-state index in [4.69, 9.17) is 21.1 Å². The molecule has 1 aromatic rings. The van der Waals surface area contributed by atoms with Crippen molar-refractivity contribution in [2.45, 2.75) is 49.9 Å². The Hall–Kier alpha value is -0.770. The van der Waals surface area contributed by atoms with E-state index in [2.05, 4.69) is 0 Å². The highest BCUT2D eigenvalue weighted by atomic mass is 35.5. The van der Waals surface area contributed by atoms with Gasteiger partial charge in [0, 0.05) is 24.1 Å². The van der Waals surface area contributed by atoms with Crippen LogP contribution in [0, 0.1) is 0 Å². The summed E-state index contributed by atoms with van der Waals surface area (Å²) < 4.78 is 11.9. The Kier molecular flexibility index (Phi) is 3.46. The van der Waals surface area contributed by atoms with E-state index in [1.165, 1.54) is 0 Å². The molecule has 0 radical (unpaired) electrons. The number of aliphatic hydroxyl groups excluding tert-OH is 1. The fraction of sp³-hybridized carbons (Fsp3) is 0.600. The summed E-state index contributed by atoms with van der Waals surface area (Å²) in [6, 6.07) is 5.44. The summed E-state index contributed by atoms with van der Waals surface area (Å²) >= 11 is 5.98. The molecule has 1 fully saturated rings. The van der Waals surface area contributed by atoms with Crippen molar-refractivity contribution >= 4 is 11.6 Å². The third kappa shape index (κ3) is 2.24. The van der Waals surface area contributed by atoms with E-state index >= 15 is 0 Å². The Balaban J connectivity index is 1.97. The Labute approximate surface area is 118 Å². The maximum Gasteiger partial charge on any atom is 0.138 e. The van der Waals surface area contributed by atoms with E-state index in [0.29, 0.717) is 11.4 Å². The number of aliphatic hydroxyl groups is 1. The standard InChI is InChI=1S/C15H19ClO3/c1-18-14-4-2-3-7-15(14)9-12(17)11-8-10(16)5-6-13(11)19-15/h5-6,8,12,14,17H,2-4,7,9H2,1H3/t12-,14?,15?/m0/s1. The van der Waals surface area contributed by atoms with Crippen molar-refractivity contribution < 1.29 is 14.6 Å². The fourth-order valence-electron chi connectivity index (χ4n) is 3.43. The van der Waals surface area contributed by atoms with Crippen molar-refractivity contribution in [2.75, 3.05) is 7.11 Å². The lowest BCUT2D eigenvalue weighted by atomic mass is 9.75. The lowest BCUT2D eigenvalue weighted by Crippen LogP contribution is -2.53. The van der Waals surface area contributed by atoms with E-state index in [0.717, 1.165) is 37.0 Å². The van der Waals surface area contributed by atoms with Crippen molar-refractivity contribution in [3.8, 4) is 5.75 Å². The summed E-state index contributed by atoms with van der Waals surface area (Å²) in [4.78, 5) is 0. The smallest absolute Gasteiger partial charge is 0.138 e. The molecule has 1 saturated carbocycles. The molecule has 19 heavy (non-hydrogen) atoms. The van der Waals surface area contributed by atoms with Crippen molar-refractivity contribution in [3.63, 3.8) is 0 Å². The number of fused-ring (bicyclic) bond motifs is 1. The van der Waals surface area contributed by atoms with Gasteiger partial charge >= 0.3 is 0 Å². The third-order valence-corrected chi connectivity index (χ3v) is 4.61. The second-order valence-corrected chi connectivity index (χ2v) is 5.98. The minimum Gasteiger partial charge on any atom is -0.484 e. The molecule has 1 heterocycles. The molecule has 1 N–H and O–H groups in total. The van der Waals surface area contributed by atoms with Crippen LogP contribution in [-0.4, -0.2) is 23.9 Å². The van der Waals surface area contributed by atoms with Crippen molar-refractivity contribution in [1.29, 1.82) is 0 Å². The summed E-state index contributed by atoms with van der Waals surface area (Å²) in [6.45, 7) is 0. The minimum absolute atomic E-state index is 0.0553. The Bertz CT molecular complexity index is 476.